The SMILES string of the molecule is O=C(N[C@H]1Cc2c(O)cc(O)cc2O[C@@H]1c1ccc(O)c(O)c1)c1cc(O)c(O)c(O)c1. The molecule has 0 saturated carbocycles. The van der Waals surface area contributed by atoms with Gasteiger partial charge in [0.1, 0.15) is 23.4 Å². The maximum absolute atomic E-state index is 12.8. The molecule has 0 unspecified atom stereocenters. The van der Waals surface area contributed by atoms with Crippen LogP contribution in [0.4, 0.5) is 0 Å². The van der Waals surface area contributed by atoms with Crippen LogP contribution in [0, 0.1) is 0 Å². The molecule has 0 fully saturated rings. The van der Waals surface area contributed by atoms with E-state index in [9.17, 15) is 40.5 Å². The smallest absolute Gasteiger partial charge is 0.251 e. The van der Waals surface area contributed by atoms with Gasteiger partial charge in [0, 0.05) is 29.7 Å². The Morgan fingerprint density at radius 2 is 1.50 bits per heavy atom. The number of carbonyl (C=O) groups is 1. The number of phenolic OH excluding ortho intramolecular Hbond substituents is 7. The zero-order valence-electron chi connectivity index (χ0n) is 16.4. The third-order valence-corrected chi connectivity index (χ3v) is 5.19. The van der Waals surface area contributed by atoms with E-state index in [1.165, 1.54) is 24.3 Å². The summed E-state index contributed by atoms with van der Waals surface area (Å²) in [4.78, 5) is 12.8. The molecule has 8 N–H and O–H groups in total. The first-order valence-corrected chi connectivity index (χ1v) is 9.43. The fraction of sp³-hybridized carbons (Fsp3) is 0.136. The average molecular weight is 441 g/mol. The van der Waals surface area contributed by atoms with E-state index < -0.39 is 41.1 Å². The number of nitrogens with one attached hydrogen (secondary N) is 1. The maximum Gasteiger partial charge on any atom is 0.251 e. The Kier molecular flexibility index (Phi) is 4.97. The average Bonchev–Trinajstić information content (AvgIpc) is 2.73. The molecule has 3 aromatic carbocycles. The number of benzene rings is 3. The lowest BCUT2D eigenvalue weighted by molar-refractivity contribution is 0.0836. The molecule has 0 aliphatic carbocycles. The second-order valence-electron chi connectivity index (χ2n) is 7.38. The number of ether oxygens (including phenoxy) is 1. The normalized spacial score (nSPS) is 17.2. The van der Waals surface area contributed by atoms with Crippen molar-refractivity contribution in [1.82, 2.24) is 5.32 Å². The van der Waals surface area contributed by atoms with E-state index in [0.29, 0.717) is 11.1 Å². The van der Waals surface area contributed by atoms with Crippen LogP contribution in [0.5, 0.6) is 46.0 Å². The Bertz CT molecular complexity index is 1200. The lowest BCUT2D eigenvalue weighted by atomic mass is 9.91. The Hall–Kier alpha value is -4.47. The molecule has 0 spiro atoms. The first-order valence-electron chi connectivity index (χ1n) is 9.43. The quantitative estimate of drug-likeness (QED) is 0.282. The highest BCUT2D eigenvalue weighted by Crippen LogP contribution is 2.43. The standard InChI is InChI=1S/C22H19NO9/c24-11-6-15(26)12-8-13(23-22(31)10-4-17(28)20(30)18(29)5-10)21(32-19(12)7-11)9-1-2-14(25)16(27)3-9/h1-7,13,21,24-30H,8H2,(H,23,31)/t13-,21+/m0/s1. The number of fused-ring (bicyclic) bond motifs is 1. The summed E-state index contributed by atoms with van der Waals surface area (Å²) in [6, 6.07) is 7.54. The van der Waals surface area contributed by atoms with Crippen LogP contribution < -0.4 is 10.1 Å². The summed E-state index contributed by atoms with van der Waals surface area (Å²) in [7, 11) is 0. The minimum Gasteiger partial charge on any atom is -0.508 e. The molecule has 32 heavy (non-hydrogen) atoms. The Balaban J connectivity index is 1.72. The van der Waals surface area contributed by atoms with E-state index in [0.717, 1.165) is 18.2 Å². The van der Waals surface area contributed by atoms with Crippen molar-refractivity contribution < 1.29 is 45.3 Å². The van der Waals surface area contributed by atoms with Crippen molar-refractivity contribution in [1.29, 1.82) is 0 Å². The predicted octanol–water partition coefficient (Wildman–Crippen LogP) is 2.10. The molecule has 10 nitrogen and oxygen atoms in total. The Morgan fingerprint density at radius 1 is 0.812 bits per heavy atom. The Labute approximate surface area is 180 Å². The molecule has 1 heterocycles. The molecule has 2 atom stereocenters. The zero-order valence-corrected chi connectivity index (χ0v) is 16.4. The van der Waals surface area contributed by atoms with E-state index in [-0.39, 0.29) is 35.0 Å². The summed E-state index contributed by atoms with van der Waals surface area (Å²) in [5, 5.41) is 71.1. The maximum atomic E-state index is 12.8. The van der Waals surface area contributed by atoms with Crippen LogP contribution in [0.2, 0.25) is 0 Å². The lowest BCUT2D eigenvalue weighted by Gasteiger charge is -2.35. The molecule has 0 bridgehead atoms. The van der Waals surface area contributed by atoms with E-state index in [1.807, 2.05) is 0 Å². The monoisotopic (exact) mass is 441 g/mol. The van der Waals surface area contributed by atoms with Crippen molar-refractivity contribution in [3.63, 3.8) is 0 Å². The third-order valence-electron chi connectivity index (χ3n) is 5.19. The highest BCUT2D eigenvalue weighted by atomic mass is 16.5. The number of phenols is 7. The molecular formula is C22H19NO9. The molecule has 4 rings (SSSR count). The van der Waals surface area contributed by atoms with Gasteiger partial charge in [0.15, 0.2) is 28.7 Å². The minimum absolute atomic E-state index is 0.0650. The highest BCUT2D eigenvalue weighted by molar-refractivity contribution is 5.95. The predicted molar refractivity (Wildman–Crippen MR) is 109 cm³/mol. The van der Waals surface area contributed by atoms with Crippen LogP contribution in [-0.4, -0.2) is 47.7 Å². The molecule has 0 aromatic heterocycles. The van der Waals surface area contributed by atoms with Crippen molar-refractivity contribution in [3.8, 4) is 46.0 Å². The molecule has 0 radical (unpaired) electrons. The lowest BCUT2D eigenvalue weighted by Crippen LogP contribution is -2.45. The number of hydrogen-bond acceptors (Lipinski definition) is 9. The van der Waals surface area contributed by atoms with E-state index in [2.05, 4.69) is 5.32 Å². The van der Waals surface area contributed by atoms with E-state index in [1.54, 1.807) is 0 Å². The number of rotatable bonds is 3. The summed E-state index contributed by atoms with van der Waals surface area (Å²) < 4.78 is 5.92. The van der Waals surface area contributed by atoms with E-state index in [4.69, 9.17) is 4.74 Å². The molecule has 1 aliphatic rings. The van der Waals surface area contributed by atoms with Gasteiger partial charge in [-0.3, -0.25) is 4.79 Å². The molecule has 1 aliphatic heterocycles. The summed E-state index contributed by atoms with van der Waals surface area (Å²) in [5.41, 5.74) is 0.560. The van der Waals surface area contributed by atoms with E-state index >= 15 is 0 Å². The van der Waals surface area contributed by atoms with Gasteiger partial charge in [0.2, 0.25) is 0 Å². The zero-order chi connectivity index (χ0) is 23.2. The van der Waals surface area contributed by atoms with Gasteiger partial charge in [0.05, 0.1) is 6.04 Å². The number of amides is 1. The van der Waals surface area contributed by atoms with Crippen LogP contribution in [0.1, 0.15) is 27.6 Å². The van der Waals surface area contributed by atoms with Crippen LogP contribution in [0.15, 0.2) is 42.5 Å². The Morgan fingerprint density at radius 3 is 2.16 bits per heavy atom. The van der Waals surface area contributed by atoms with Gasteiger partial charge in [-0.05, 0) is 29.8 Å². The van der Waals surface area contributed by atoms with Gasteiger partial charge in [-0.25, -0.2) is 0 Å². The molecule has 3 aromatic rings. The van der Waals surface area contributed by atoms with Crippen molar-refractivity contribution in [2.75, 3.05) is 0 Å². The van der Waals surface area contributed by atoms with Gasteiger partial charge in [0.25, 0.3) is 5.91 Å². The van der Waals surface area contributed by atoms with Crippen LogP contribution >= 0.6 is 0 Å². The molecule has 166 valence electrons. The molecule has 1 amide bonds. The first-order chi connectivity index (χ1) is 15.1. The van der Waals surface area contributed by atoms with Crippen molar-refractivity contribution in [3.05, 3.63) is 59.2 Å². The van der Waals surface area contributed by atoms with Gasteiger partial charge in [-0.15, -0.1) is 0 Å². The number of carbonyl (C=O) groups excluding carboxylic acids is 1. The summed E-state index contributed by atoms with van der Waals surface area (Å²) in [6.07, 6.45) is -0.839. The fourth-order valence-corrected chi connectivity index (χ4v) is 3.60. The van der Waals surface area contributed by atoms with Crippen molar-refractivity contribution >= 4 is 5.91 Å². The first kappa shape index (κ1) is 20.8. The topological polar surface area (TPSA) is 180 Å². The highest BCUT2D eigenvalue weighted by Gasteiger charge is 2.35. The summed E-state index contributed by atoms with van der Waals surface area (Å²) in [5.74, 6) is -3.92. The molecule has 10 heteroatoms. The van der Waals surface area contributed by atoms with Crippen LogP contribution in [0.3, 0.4) is 0 Å². The molecule has 0 saturated heterocycles. The largest absolute Gasteiger partial charge is 0.508 e. The van der Waals surface area contributed by atoms with Gasteiger partial charge in [-0.2, -0.15) is 0 Å². The second-order valence-corrected chi connectivity index (χ2v) is 7.38. The van der Waals surface area contributed by atoms with Gasteiger partial charge < -0.3 is 45.8 Å². The van der Waals surface area contributed by atoms with Crippen molar-refractivity contribution in [2.24, 2.45) is 0 Å². The minimum atomic E-state index is -0.904. The summed E-state index contributed by atoms with van der Waals surface area (Å²) >= 11 is 0. The fourth-order valence-electron chi connectivity index (χ4n) is 3.60. The number of hydrogen-bond donors (Lipinski definition) is 8. The molecular weight excluding hydrogens is 422 g/mol. The second kappa shape index (κ2) is 7.65. The van der Waals surface area contributed by atoms with Crippen LogP contribution in [0.25, 0.3) is 0 Å². The van der Waals surface area contributed by atoms with Gasteiger partial charge in [-0.1, -0.05) is 6.07 Å². The van der Waals surface area contributed by atoms with Gasteiger partial charge >= 0.3 is 0 Å². The van der Waals surface area contributed by atoms with Crippen molar-refractivity contribution in [2.45, 2.75) is 18.6 Å². The summed E-state index contributed by atoms with van der Waals surface area (Å²) in [6.45, 7) is 0. The van der Waals surface area contributed by atoms with Crippen LogP contribution in [-0.2, 0) is 6.42 Å². The third kappa shape index (κ3) is 3.69. The number of aromatic hydroxyl groups is 7.